The van der Waals surface area contributed by atoms with Crippen molar-refractivity contribution < 1.29 is 50.3 Å². The van der Waals surface area contributed by atoms with Crippen LogP contribution in [0.5, 0.6) is 0 Å². The Bertz CT molecular complexity index is 572. The second kappa shape index (κ2) is 8.35. The van der Waals surface area contributed by atoms with Crippen LogP contribution in [0.2, 0.25) is 0 Å². The van der Waals surface area contributed by atoms with Crippen LogP contribution in [0.15, 0.2) is 12.1 Å². The van der Waals surface area contributed by atoms with E-state index in [1.807, 2.05) is 0 Å². The van der Waals surface area contributed by atoms with Crippen molar-refractivity contribution in [3.05, 3.63) is 21.9 Å². The average molecular weight is 408 g/mol. The number of aliphatic hydroxyl groups is 8. The third-order valence-corrected chi connectivity index (χ3v) is 6.20. The van der Waals surface area contributed by atoms with Gasteiger partial charge in [0.15, 0.2) is 0 Å². The molecular formula is C16H24O10S. The standard InChI is InChI=1S/C16H24O10S/c17-3-5-9(19)11(21)13(23)15(25-5)7-1-2-8(27-7)16-14(24)12(22)10(20)6(4-18)26-16/h1-2,5-6,9-24H,3-4H2/t5-,6-,9-,10-,11+,12+,13+,14+,15-,16-/m1/s1. The normalized spacial score (nSPS) is 45.8. The van der Waals surface area contributed by atoms with Crippen molar-refractivity contribution in [2.45, 2.75) is 61.0 Å². The molecule has 1 aromatic heterocycles. The first kappa shape index (κ1) is 21.0. The highest BCUT2D eigenvalue weighted by atomic mass is 32.1. The van der Waals surface area contributed by atoms with Gasteiger partial charge in [0.2, 0.25) is 0 Å². The van der Waals surface area contributed by atoms with Crippen LogP contribution >= 0.6 is 11.3 Å². The Morgan fingerprint density at radius 3 is 1.33 bits per heavy atom. The molecule has 0 aromatic carbocycles. The van der Waals surface area contributed by atoms with Crippen LogP contribution in [0, 0.1) is 0 Å². The molecule has 2 fully saturated rings. The lowest BCUT2D eigenvalue weighted by molar-refractivity contribution is -0.231. The number of aliphatic hydroxyl groups excluding tert-OH is 8. The van der Waals surface area contributed by atoms with E-state index < -0.39 is 74.3 Å². The fraction of sp³-hybridized carbons (Fsp3) is 0.750. The molecule has 0 saturated carbocycles. The van der Waals surface area contributed by atoms with Gasteiger partial charge in [-0.3, -0.25) is 0 Å². The summed E-state index contributed by atoms with van der Waals surface area (Å²) < 4.78 is 11.0. The molecule has 10 nitrogen and oxygen atoms in total. The highest BCUT2D eigenvalue weighted by Crippen LogP contribution is 2.40. The quantitative estimate of drug-likeness (QED) is 0.252. The lowest BCUT2D eigenvalue weighted by atomic mass is 9.94. The Morgan fingerprint density at radius 2 is 1.00 bits per heavy atom. The molecule has 0 amide bonds. The van der Waals surface area contributed by atoms with Crippen LogP contribution in [0.1, 0.15) is 22.0 Å². The van der Waals surface area contributed by atoms with Gasteiger partial charge in [-0.2, -0.15) is 0 Å². The van der Waals surface area contributed by atoms with Gasteiger partial charge in [-0.1, -0.05) is 0 Å². The van der Waals surface area contributed by atoms with E-state index in [1.165, 1.54) is 0 Å². The van der Waals surface area contributed by atoms with E-state index in [-0.39, 0.29) is 0 Å². The zero-order chi connectivity index (χ0) is 19.9. The first-order chi connectivity index (χ1) is 12.8. The van der Waals surface area contributed by atoms with Gasteiger partial charge in [0.05, 0.1) is 13.2 Å². The van der Waals surface area contributed by atoms with Crippen molar-refractivity contribution in [2.24, 2.45) is 0 Å². The monoisotopic (exact) mass is 408 g/mol. The molecular weight excluding hydrogens is 384 g/mol. The third-order valence-electron chi connectivity index (χ3n) is 4.99. The molecule has 0 bridgehead atoms. The number of thiophene rings is 1. The van der Waals surface area contributed by atoms with E-state index in [4.69, 9.17) is 9.47 Å². The van der Waals surface area contributed by atoms with Gasteiger partial charge in [0.1, 0.15) is 61.0 Å². The number of hydrogen-bond acceptors (Lipinski definition) is 11. The summed E-state index contributed by atoms with van der Waals surface area (Å²) >= 11 is 1.07. The Labute approximate surface area is 158 Å². The summed E-state index contributed by atoms with van der Waals surface area (Å²) in [6.07, 6.45) is -13.0. The summed E-state index contributed by atoms with van der Waals surface area (Å²) in [5.41, 5.74) is 0. The van der Waals surface area contributed by atoms with Gasteiger partial charge < -0.3 is 50.3 Å². The molecule has 0 unspecified atom stereocenters. The minimum atomic E-state index is -1.52. The molecule has 8 N–H and O–H groups in total. The van der Waals surface area contributed by atoms with Crippen molar-refractivity contribution in [3.8, 4) is 0 Å². The zero-order valence-electron chi connectivity index (χ0n) is 14.1. The summed E-state index contributed by atoms with van der Waals surface area (Å²) in [5, 5.41) is 78.5. The second-order valence-corrected chi connectivity index (χ2v) is 7.89. The van der Waals surface area contributed by atoms with Gasteiger partial charge in [0.25, 0.3) is 0 Å². The van der Waals surface area contributed by atoms with Crippen LogP contribution in [0.25, 0.3) is 0 Å². The van der Waals surface area contributed by atoms with E-state index >= 15 is 0 Å². The maximum absolute atomic E-state index is 10.2. The Kier molecular flexibility index (Phi) is 6.50. The van der Waals surface area contributed by atoms with E-state index in [2.05, 4.69) is 0 Å². The zero-order valence-corrected chi connectivity index (χ0v) is 15.0. The maximum Gasteiger partial charge on any atom is 0.121 e. The van der Waals surface area contributed by atoms with Crippen LogP contribution in [0.4, 0.5) is 0 Å². The Hall–Kier alpha value is -0.700. The summed E-state index contributed by atoms with van der Waals surface area (Å²) in [7, 11) is 0. The molecule has 11 heteroatoms. The summed E-state index contributed by atoms with van der Waals surface area (Å²) in [6, 6.07) is 3.13. The van der Waals surface area contributed by atoms with Crippen LogP contribution in [-0.2, 0) is 9.47 Å². The molecule has 0 spiro atoms. The van der Waals surface area contributed by atoms with Gasteiger partial charge in [-0.05, 0) is 12.1 Å². The van der Waals surface area contributed by atoms with E-state index in [0.717, 1.165) is 11.3 Å². The van der Waals surface area contributed by atoms with Crippen molar-refractivity contribution >= 4 is 11.3 Å². The first-order valence-corrected chi connectivity index (χ1v) is 9.32. The smallest absolute Gasteiger partial charge is 0.121 e. The summed E-state index contributed by atoms with van der Waals surface area (Å²) in [4.78, 5) is 0.887. The molecule has 2 aliphatic heterocycles. The minimum absolute atomic E-state index is 0.443. The molecule has 3 rings (SSSR count). The summed E-state index contributed by atoms with van der Waals surface area (Å²) in [6.45, 7) is -1.10. The Morgan fingerprint density at radius 1 is 0.630 bits per heavy atom. The van der Waals surface area contributed by atoms with Gasteiger partial charge in [-0.25, -0.2) is 0 Å². The highest BCUT2D eigenvalue weighted by molar-refractivity contribution is 7.12. The van der Waals surface area contributed by atoms with E-state index in [9.17, 15) is 40.9 Å². The third kappa shape index (κ3) is 3.78. The van der Waals surface area contributed by atoms with Crippen molar-refractivity contribution in [2.75, 3.05) is 13.2 Å². The number of rotatable bonds is 4. The fourth-order valence-electron chi connectivity index (χ4n) is 3.35. The van der Waals surface area contributed by atoms with Crippen LogP contribution < -0.4 is 0 Å². The molecule has 2 aliphatic rings. The number of hydrogen-bond donors (Lipinski definition) is 8. The Balaban J connectivity index is 1.82. The summed E-state index contributed by atoms with van der Waals surface area (Å²) in [5.74, 6) is 0. The molecule has 3 heterocycles. The maximum atomic E-state index is 10.2. The number of ether oxygens (including phenoxy) is 2. The molecule has 154 valence electrons. The lowest BCUT2D eigenvalue weighted by Gasteiger charge is -2.40. The van der Waals surface area contributed by atoms with Gasteiger partial charge in [0, 0.05) is 9.75 Å². The van der Waals surface area contributed by atoms with Crippen molar-refractivity contribution in [1.82, 2.24) is 0 Å². The van der Waals surface area contributed by atoms with Crippen molar-refractivity contribution in [1.29, 1.82) is 0 Å². The minimum Gasteiger partial charge on any atom is -0.394 e. The molecule has 0 aliphatic carbocycles. The van der Waals surface area contributed by atoms with Crippen LogP contribution in [0.3, 0.4) is 0 Å². The fourth-order valence-corrected chi connectivity index (χ4v) is 4.51. The molecule has 27 heavy (non-hydrogen) atoms. The average Bonchev–Trinajstić information content (AvgIpc) is 3.14. The largest absolute Gasteiger partial charge is 0.394 e. The molecule has 10 atom stereocenters. The van der Waals surface area contributed by atoms with Crippen molar-refractivity contribution in [3.63, 3.8) is 0 Å². The second-order valence-electron chi connectivity index (χ2n) is 6.74. The van der Waals surface area contributed by atoms with E-state index in [0.29, 0.717) is 9.75 Å². The first-order valence-electron chi connectivity index (χ1n) is 8.50. The topological polar surface area (TPSA) is 180 Å². The lowest BCUT2D eigenvalue weighted by Crippen LogP contribution is -2.55. The molecule has 2 saturated heterocycles. The molecule has 1 aromatic rings. The van der Waals surface area contributed by atoms with Crippen LogP contribution in [-0.4, -0.2) is 103 Å². The van der Waals surface area contributed by atoms with E-state index in [1.54, 1.807) is 12.1 Å². The highest BCUT2D eigenvalue weighted by Gasteiger charge is 2.46. The van der Waals surface area contributed by atoms with Gasteiger partial charge >= 0.3 is 0 Å². The molecule has 0 radical (unpaired) electrons. The SMILES string of the molecule is OC[C@H]1O[C@H](c2ccc([C@H]3O[C@H](CO)[C@@H](O)[C@H](O)[C@@H]3O)s2)[C@@H](O)[C@@H](O)[C@@H]1O. The predicted octanol–water partition coefficient (Wildman–Crippen LogP) is -3.22. The predicted molar refractivity (Wildman–Crippen MR) is 89.8 cm³/mol. The van der Waals surface area contributed by atoms with Gasteiger partial charge in [-0.15, -0.1) is 11.3 Å².